The Labute approximate surface area is 155 Å². The van der Waals surface area contributed by atoms with E-state index in [1.54, 1.807) is 17.1 Å². The summed E-state index contributed by atoms with van der Waals surface area (Å²) in [5, 5.41) is 10.7. The fraction of sp³-hybridized carbons (Fsp3) is 0.100. The Kier molecular flexibility index (Phi) is 4.49. The summed E-state index contributed by atoms with van der Waals surface area (Å²) in [6, 6.07) is 19.3. The second-order valence-corrected chi connectivity index (χ2v) is 6.15. The third-order valence-electron chi connectivity index (χ3n) is 4.03. The first kappa shape index (κ1) is 16.7. The maximum absolute atomic E-state index is 12.4. The first-order valence-electron chi connectivity index (χ1n) is 8.46. The van der Waals surface area contributed by atoms with E-state index in [0.29, 0.717) is 12.3 Å². The first-order valence-corrected chi connectivity index (χ1v) is 8.46. The Bertz CT molecular complexity index is 1050. The van der Waals surface area contributed by atoms with Crippen LogP contribution in [0.25, 0.3) is 11.3 Å². The summed E-state index contributed by atoms with van der Waals surface area (Å²) in [5.41, 5.74) is 3.27. The number of aromatic nitrogens is 4. The average Bonchev–Trinajstić information content (AvgIpc) is 3.33. The van der Waals surface area contributed by atoms with Gasteiger partial charge in [0.25, 0.3) is 5.91 Å². The molecular formula is C20H17N5O2. The number of hydrogen-bond donors (Lipinski definition) is 1. The fourth-order valence-corrected chi connectivity index (χ4v) is 2.60. The molecule has 1 amide bonds. The van der Waals surface area contributed by atoms with Crippen LogP contribution in [-0.2, 0) is 6.54 Å². The van der Waals surface area contributed by atoms with Crippen LogP contribution in [0, 0.1) is 6.92 Å². The molecule has 0 atom stereocenters. The average molecular weight is 359 g/mol. The second-order valence-electron chi connectivity index (χ2n) is 6.15. The highest BCUT2D eigenvalue weighted by atomic mass is 16.5. The summed E-state index contributed by atoms with van der Waals surface area (Å²) in [7, 11) is 0. The van der Waals surface area contributed by atoms with Crippen LogP contribution >= 0.6 is 0 Å². The van der Waals surface area contributed by atoms with Crippen LogP contribution in [0.5, 0.6) is 0 Å². The predicted octanol–water partition coefficient (Wildman–Crippen LogP) is 3.54. The van der Waals surface area contributed by atoms with Gasteiger partial charge in [-0.1, -0.05) is 65.3 Å². The molecule has 27 heavy (non-hydrogen) atoms. The molecule has 0 saturated heterocycles. The fourth-order valence-electron chi connectivity index (χ4n) is 2.60. The van der Waals surface area contributed by atoms with E-state index < -0.39 is 5.91 Å². The third kappa shape index (κ3) is 3.92. The number of anilines is 1. The standard InChI is InChI=1S/C20H17N5O2/c1-14-7-9-16(10-8-14)18-11-17(24-27-18)19(26)22-20-21-13-25(23-20)12-15-5-3-2-4-6-15/h2-11,13H,12H2,1H3,(H,22,23,26). The van der Waals surface area contributed by atoms with Crippen molar-refractivity contribution >= 4 is 11.9 Å². The van der Waals surface area contributed by atoms with E-state index in [0.717, 1.165) is 16.7 Å². The topological polar surface area (TPSA) is 85.8 Å². The van der Waals surface area contributed by atoms with E-state index in [-0.39, 0.29) is 11.6 Å². The maximum atomic E-state index is 12.4. The van der Waals surface area contributed by atoms with Crippen molar-refractivity contribution in [1.82, 2.24) is 19.9 Å². The molecule has 1 N–H and O–H groups in total. The molecule has 0 aliphatic rings. The molecule has 2 aromatic carbocycles. The van der Waals surface area contributed by atoms with Crippen LogP contribution in [0.3, 0.4) is 0 Å². The van der Waals surface area contributed by atoms with Crippen LogP contribution in [-0.4, -0.2) is 25.8 Å². The number of aryl methyl sites for hydroxylation is 1. The Morgan fingerprint density at radius 1 is 1.11 bits per heavy atom. The SMILES string of the molecule is Cc1ccc(-c2cc(C(=O)Nc3ncn(Cc4ccccc4)n3)no2)cc1. The third-order valence-corrected chi connectivity index (χ3v) is 4.03. The van der Waals surface area contributed by atoms with Gasteiger partial charge in [-0.3, -0.25) is 10.1 Å². The summed E-state index contributed by atoms with van der Waals surface area (Å²) in [5.74, 6) is 0.327. The molecule has 0 bridgehead atoms. The summed E-state index contributed by atoms with van der Waals surface area (Å²) in [6.45, 7) is 2.58. The van der Waals surface area contributed by atoms with E-state index in [1.165, 1.54) is 0 Å². The van der Waals surface area contributed by atoms with Gasteiger partial charge in [0.05, 0.1) is 6.54 Å². The van der Waals surface area contributed by atoms with Crippen LogP contribution < -0.4 is 5.32 Å². The minimum absolute atomic E-state index is 0.171. The summed E-state index contributed by atoms with van der Waals surface area (Å²) in [4.78, 5) is 16.5. The van der Waals surface area contributed by atoms with Crippen molar-refractivity contribution in [2.75, 3.05) is 5.32 Å². The summed E-state index contributed by atoms with van der Waals surface area (Å²) < 4.78 is 6.93. The lowest BCUT2D eigenvalue weighted by atomic mass is 10.1. The van der Waals surface area contributed by atoms with E-state index in [9.17, 15) is 4.79 Å². The van der Waals surface area contributed by atoms with Crippen LogP contribution in [0.1, 0.15) is 21.6 Å². The molecule has 0 spiro atoms. The highest BCUT2D eigenvalue weighted by molar-refractivity contribution is 6.02. The van der Waals surface area contributed by atoms with Gasteiger partial charge in [-0.2, -0.15) is 0 Å². The number of nitrogens with one attached hydrogen (secondary N) is 1. The van der Waals surface area contributed by atoms with E-state index in [4.69, 9.17) is 4.52 Å². The molecule has 4 rings (SSSR count). The zero-order chi connectivity index (χ0) is 18.6. The van der Waals surface area contributed by atoms with Gasteiger partial charge in [0.2, 0.25) is 5.95 Å². The molecule has 2 heterocycles. The largest absolute Gasteiger partial charge is 0.355 e. The second kappa shape index (κ2) is 7.25. The van der Waals surface area contributed by atoms with Gasteiger partial charge in [0.15, 0.2) is 11.5 Å². The Hall–Kier alpha value is -3.74. The number of carbonyl (C=O) groups excluding carboxylic acids is 1. The molecule has 0 aliphatic carbocycles. The van der Waals surface area contributed by atoms with Gasteiger partial charge in [0, 0.05) is 11.6 Å². The van der Waals surface area contributed by atoms with Crippen molar-refractivity contribution in [1.29, 1.82) is 0 Å². The quantitative estimate of drug-likeness (QED) is 0.589. The maximum Gasteiger partial charge on any atom is 0.280 e. The number of nitrogens with zero attached hydrogens (tertiary/aromatic N) is 4. The van der Waals surface area contributed by atoms with Crippen molar-refractivity contribution < 1.29 is 9.32 Å². The lowest BCUT2D eigenvalue weighted by Gasteiger charge is -2.00. The zero-order valence-electron chi connectivity index (χ0n) is 14.7. The monoisotopic (exact) mass is 359 g/mol. The van der Waals surface area contributed by atoms with Gasteiger partial charge in [0.1, 0.15) is 6.33 Å². The van der Waals surface area contributed by atoms with Gasteiger partial charge >= 0.3 is 0 Å². The lowest BCUT2D eigenvalue weighted by Crippen LogP contribution is -2.13. The van der Waals surface area contributed by atoms with Gasteiger partial charge in [-0.25, -0.2) is 9.67 Å². The molecule has 7 heteroatoms. The molecule has 4 aromatic rings. The molecule has 0 unspecified atom stereocenters. The molecule has 134 valence electrons. The summed E-state index contributed by atoms with van der Waals surface area (Å²) in [6.07, 6.45) is 1.57. The van der Waals surface area contributed by atoms with Crippen LogP contribution in [0.15, 0.2) is 71.5 Å². The van der Waals surface area contributed by atoms with Crippen molar-refractivity contribution in [3.05, 3.63) is 83.8 Å². The molecule has 2 aromatic heterocycles. The normalized spacial score (nSPS) is 10.7. The van der Waals surface area contributed by atoms with Crippen molar-refractivity contribution in [3.8, 4) is 11.3 Å². The van der Waals surface area contributed by atoms with Crippen molar-refractivity contribution in [2.45, 2.75) is 13.5 Å². The first-order chi connectivity index (χ1) is 13.2. The molecule has 0 aliphatic heterocycles. The number of rotatable bonds is 5. The smallest absolute Gasteiger partial charge is 0.280 e. The lowest BCUT2D eigenvalue weighted by molar-refractivity contribution is 0.101. The number of benzene rings is 2. The minimum Gasteiger partial charge on any atom is -0.355 e. The van der Waals surface area contributed by atoms with Gasteiger partial charge in [-0.15, -0.1) is 5.10 Å². The van der Waals surface area contributed by atoms with E-state index in [1.807, 2.05) is 61.5 Å². The van der Waals surface area contributed by atoms with Gasteiger partial charge in [-0.05, 0) is 12.5 Å². The molecular weight excluding hydrogens is 342 g/mol. The van der Waals surface area contributed by atoms with Crippen LogP contribution in [0.4, 0.5) is 5.95 Å². The molecule has 0 radical (unpaired) electrons. The number of carbonyl (C=O) groups is 1. The molecule has 0 saturated carbocycles. The summed E-state index contributed by atoms with van der Waals surface area (Å²) >= 11 is 0. The Balaban J connectivity index is 1.43. The molecule has 7 nitrogen and oxygen atoms in total. The van der Waals surface area contributed by atoms with Crippen molar-refractivity contribution in [3.63, 3.8) is 0 Å². The number of amides is 1. The Morgan fingerprint density at radius 3 is 2.67 bits per heavy atom. The minimum atomic E-state index is -0.422. The van der Waals surface area contributed by atoms with E-state index >= 15 is 0 Å². The predicted molar refractivity (Wildman–Crippen MR) is 100 cm³/mol. The van der Waals surface area contributed by atoms with Crippen LogP contribution in [0.2, 0.25) is 0 Å². The highest BCUT2D eigenvalue weighted by Gasteiger charge is 2.15. The van der Waals surface area contributed by atoms with Crippen molar-refractivity contribution in [2.24, 2.45) is 0 Å². The molecule has 0 fully saturated rings. The van der Waals surface area contributed by atoms with Gasteiger partial charge < -0.3 is 4.52 Å². The number of hydrogen-bond acceptors (Lipinski definition) is 5. The Morgan fingerprint density at radius 2 is 1.89 bits per heavy atom. The zero-order valence-corrected chi connectivity index (χ0v) is 14.7. The van der Waals surface area contributed by atoms with E-state index in [2.05, 4.69) is 20.6 Å². The highest BCUT2D eigenvalue weighted by Crippen LogP contribution is 2.21.